The number of nitriles is 1. The van der Waals surface area contributed by atoms with Gasteiger partial charge in [-0.2, -0.15) is 5.26 Å². The van der Waals surface area contributed by atoms with E-state index in [-0.39, 0.29) is 23.1 Å². The molecule has 0 atom stereocenters. The van der Waals surface area contributed by atoms with E-state index in [1.165, 1.54) is 6.20 Å². The summed E-state index contributed by atoms with van der Waals surface area (Å²) in [7, 11) is 0. The molecule has 3 aromatic rings. The van der Waals surface area contributed by atoms with Gasteiger partial charge in [-0.15, -0.1) is 0 Å². The highest BCUT2D eigenvalue weighted by Gasteiger charge is 2.17. The van der Waals surface area contributed by atoms with Crippen LogP contribution in [-0.4, -0.2) is 21.0 Å². The molecule has 0 saturated heterocycles. The smallest absolute Gasteiger partial charge is 0.356 e. The summed E-state index contributed by atoms with van der Waals surface area (Å²) in [5.41, 5.74) is 0.241. The van der Waals surface area contributed by atoms with Crippen molar-refractivity contribution in [3.05, 3.63) is 48.1 Å². The number of benzene rings is 1. The molecular weight excluding hydrogens is 274 g/mol. The lowest BCUT2D eigenvalue weighted by molar-refractivity contribution is 0.0689. The van der Waals surface area contributed by atoms with E-state index in [2.05, 4.69) is 9.97 Å². The predicted octanol–water partition coefficient (Wildman–Crippen LogP) is 2.58. The molecule has 2 heterocycles. The van der Waals surface area contributed by atoms with Gasteiger partial charge in [-0.3, -0.25) is 4.98 Å². The van der Waals surface area contributed by atoms with Crippen molar-refractivity contribution in [3.63, 3.8) is 0 Å². The number of ether oxygens (including phenoxy) is 1. The minimum absolute atomic E-state index is 0.0151. The molecule has 0 saturated carbocycles. The molecule has 0 unspecified atom stereocenters. The molecule has 0 aliphatic carbocycles. The van der Waals surface area contributed by atoms with Crippen LogP contribution in [0.1, 0.15) is 16.2 Å². The number of para-hydroxylation sites is 1. The second kappa shape index (κ2) is 4.94. The van der Waals surface area contributed by atoms with Gasteiger partial charge in [0.1, 0.15) is 11.7 Å². The minimum atomic E-state index is -1.22. The number of nitrogens with zero attached hydrogens (tertiary/aromatic N) is 3. The lowest BCUT2D eigenvalue weighted by Crippen LogP contribution is -2.02. The summed E-state index contributed by atoms with van der Waals surface area (Å²) in [6, 6.07) is 8.84. The van der Waals surface area contributed by atoms with Crippen LogP contribution in [0, 0.1) is 11.3 Å². The fourth-order valence-corrected chi connectivity index (χ4v) is 1.80. The highest BCUT2D eigenvalue weighted by molar-refractivity contribution is 5.87. The maximum absolute atomic E-state index is 10.9. The molecule has 102 valence electrons. The topological polar surface area (TPSA) is 109 Å². The van der Waals surface area contributed by atoms with Gasteiger partial charge in [-0.05, 0) is 12.1 Å². The molecule has 0 aliphatic rings. The number of aromatic carboxylic acids is 1. The zero-order valence-corrected chi connectivity index (χ0v) is 10.5. The van der Waals surface area contributed by atoms with Crippen molar-refractivity contribution in [3.8, 4) is 17.7 Å². The summed E-state index contributed by atoms with van der Waals surface area (Å²) in [5, 5.41) is 18.6. The second-order valence-electron chi connectivity index (χ2n) is 4.02. The molecule has 7 heteroatoms. The third-order valence-corrected chi connectivity index (χ3v) is 2.69. The van der Waals surface area contributed by atoms with Crippen molar-refractivity contribution in [2.45, 2.75) is 0 Å². The van der Waals surface area contributed by atoms with Crippen LogP contribution in [-0.2, 0) is 0 Å². The van der Waals surface area contributed by atoms with Crippen molar-refractivity contribution in [1.29, 1.82) is 5.26 Å². The molecule has 3 rings (SSSR count). The number of hydrogen-bond donors (Lipinski definition) is 1. The molecule has 0 radical (unpaired) electrons. The molecular formula is C14H7N3O4. The fraction of sp³-hybridized carbons (Fsp3) is 0. The maximum atomic E-state index is 10.9. The number of aromatic nitrogens is 2. The molecule has 1 N–H and O–H groups in total. The van der Waals surface area contributed by atoms with Crippen LogP contribution in [0.4, 0.5) is 0 Å². The third kappa shape index (κ3) is 2.26. The Bertz CT molecular complexity index is 879. The Labute approximate surface area is 118 Å². The summed E-state index contributed by atoms with van der Waals surface area (Å²) in [5.74, 6) is -1.08. The predicted molar refractivity (Wildman–Crippen MR) is 70.0 cm³/mol. The number of fused-ring (bicyclic) bond motifs is 1. The lowest BCUT2D eigenvalue weighted by Gasteiger charge is -2.03. The summed E-state index contributed by atoms with van der Waals surface area (Å²) in [6.45, 7) is 0. The molecule has 1 aromatic carbocycles. The molecule has 0 amide bonds. The standard InChI is InChI=1S/C14H7N3O4/c15-5-11-13(8-3-1-2-4-10(8)20-11)21-12-7-16-6-9(17-12)14(18)19/h1-4,6-7H,(H,18,19). The lowest BCUT2D eigenvalue weighted by atomic mass is 10.2. The first-order chi connectivity index (χ1) is 10.2. The van der Waals surface area contributed by atoms with E-state index >= 15 is 0 Å². The van der Waals surface area contributed by atoms with Crippen molar-refractivity contribution in [1.82, 2.24) is 9.97 Å². The number of carbonyl (C=O) groups is 1. The Kier molecular flexibility index (Phi) is 2.97. The monoisotopic (exact) mass is 281 g/mol. The van der Waals surface area contributed by atoms with Crippen LogP contribution < -0.4 is 4.74 Å². The van der Waals surface area contributed by atoms with Gasteiger partial charge < -0.3 is 14.3 Å². The van der Waals surface area contributed by atoms with Crippen molar-refractivity contribution >= 4 is 16.9 Å². The van der Waals surface area contributed by atoms with E-state index in [9.17, 15) is 4.79 Å². The van der Waals surface area contributed by atoms with E-state index in [1.807, 2.05) is 6.07 Å². The first-order valence-corrected chi connectivity index (χ1v) is 5.84. The number of hydrogen-bond acceptors (Lipinski definition) is 6. The van der Waals surface area contributed by atoms with Crippen molar-refractivity contribution < 1.29 is 19.1 Å². The number of carboxylic acids is 1. The van der Waals surface area contributed by atoms with Crippen LogP contribution >= 0.6 is 0 Å². The van der Waals surface area contributed by atoms with E-state index in [0.29, 0.717) is 11.0 Å². The maximum Gasteiger partial charge on any atom is 0.356 e. The van der Waals surface area contributed by atoms with Gasteiger partial charge in [0.25, 0.3) is 0 Å². The van der Waals surface area contributed by atoms with E-state index in [4.69, 9.17) is 19.5 Å². The summed E-state index contributed by atoms with van der Waals surface area (Å²) >= 11 is 0. The fourth-order valence-electron chi connectivity index (χ4n) is 1.80. The first kappa shape index (κ1) is 12.6. The highest BCUT2D eigenvalue weighted by Crippen LogP contribution is 2.35. The normalized spacial score (nSPS) is 10.2. The van der Waals surface area contributed by atoms with Gasteiger partial charge in [0.2, 0.25) is 11.6 Å². The van der Waals surface area contributed by atoms with Gasteiger partial charge in [0.05, 0.1) is 17.8 Å². The molecule has 0 fully saturated rings. The SMILES string of the molecule is N#Cc1oc2ccccc2c1Oc1cncc(C(=O)O)n1. The Hall–Kier alpha value is -3.40. The van der Waals surface area contributed by atoms with E-state index in [0.717, 1.165) is 6.20 Å². The van der Waals surface area contributed by atoms with Crippen molar-refractivity contribution in [2.24, 2.45) is 0 Å². The number of furan rings is 1. The van der Waals surface area contributed by atoms with Crippen LogP contribution in [0.2, 0.25) is 0 Å². The van der Waals surface area contributed by atoms with Gasteiger partial charge >= 0.3 is 5.97 Å². The average molecular weight is 281 g/mol. The minimum Gasteiger partial charge on any atom is -0.476 e. The molecule has 21 heavy (non-hydrogen) atoms. The largest absolute Gasteiger partial charge is 0.476 e. The zero-order valence-electron chi connectivity index (χ0n) is 10.5. The Morgan fingerprint density at radius 1 is 1.33 bits per heavy atom. The van der Waals surface area contributed by atoms with Crippen molar-refractivity contribution in [2.75, 3.05) is 0 Å². The van der Waals surface area contributed by atoms with Gasteiger partial charge in [0, 0.05) is 0 Å². The van der Waals surface area contributed by atoms with Gasteiger partial charge in [-0.25, -0.2) is 9.78 Å². The summed E-state index contributed by atoms with van der Waals surface area (Å²) in [6.07, 6.45) is 2.36. The van der Waals surface area contributed by atoms with Crippen LogP contribution in [0.3, 0.4) is 0 Å². The first-order valence-electron chi connectivity index (χ1n) is 5.84. The van der Waals surface area contributed by atoms with Crippen LogP contribution in [0.15, 0.2) is 41.1 Å². The summed E-state index contributed by atoms with van der Waals surface area (Å²) < 4.78 is 10.8. The Morgan fingerprint density at radius 2 is 2.14 bits per heavy atom. The third-order valence-electron chi connectivity index (χ3n) is 2.69. The van der Waals surface area contributed by atoms with Gasteiger partial charge in [-0.1, -0.05) is 12.1 Å². The Balaban J connectivity index is 2.08. The molecule has 0 aliphatic heterocycles. The van der Waals surface area contributed by atoms with E-state index in [1.54, 1.807) is 24.3 Å². The zero-order chi connectivity index (χ0) is 14.8. The highest BCUT2D eigenvalue weighted by atomic mass is 16.5. The van der Waals surface area contributed by atoms with E-state index < -0.39 is 5.97 Å². The molecule has 2 aromatic heterocycles. The number of rotatable bonds is 3. The molecule has 0 bridgehead atoms. The average Bonchev–Trinajstić information content (AvgIpc) is 2.86. The molecule has 0 spiro atoms. The van der Waals surface area contributed by atoms with Gasteiger partial charge in [0.15, 0.2) is 11.4 Å². The second-order valence-corrected chi connectivity index (χ2v) is 4.02. The van der Waals surface area contributed by atoms with Crippen LogP contribution in [0.5, 0.6) is 11.6 Å². The Morgan fingerprint density at radius 3 is 2.90 bits per heavy atom. The van der Waals surface area contributed by atoms with Crippen LogP contribution in [0.25, 0.3) is 11.0 Å². The molecule has 7 nitrogen and oxygen atoms in total. The number of carboxylic acid groups (broad SMARTS) is 1. The summed E-state index contributed by atoms with van der Waals surface area (Å²) in [4.78, 5) is 18.4. The quantitative estimate of drug-likeness (QED) is 0.785.